The second kappa shape index (κ2) is 4.85. The fraction of sp³-hybridized carbons (Fsp3) is 0.545. The Morgan fingerprint density at radius 2 is 2.45 bits per heavy atom. The third-order valence-electron chi connectivity index (χ3n) is 3.39. The number of aliphatic hydroxyl groups excluding tert-OH is 2. The summed E-state index contributed by atoms with van der Waals surface area (Å²) in [5.41, 5.74) is 0.382. The highest BCUT2D eigenvalue weighted by molar-refractivity contribution is 5.82. The second-order valence-corrected chi connectivity index (χ2v) is 4.61. The van der Waals surface area contributed by atoms with E-state index in [4.69, 9.17) is 9.84 Å². The van der Waals surface area contributed by atoms with Crippen LogP contribution in [0.3, 0.4) is 0 Å². The fourth-order valence-corrected chi connectivity index (χ4v) is 2.37. The zero-order valence-corrected chi connectivity index (χ0v) is 10.8. The van der Waals surface area contributed by atoms with Crippen molar-refractivity contribution in [2.75, 3.05) is 19.0 Å². The van der Waals surface area contributed by atoms with Gasteiger partial charge in [0.15, 0.2) is 5.65 Å². The molecule has 0 spiro atoms. The lowest BCUT2D eigenvalue weighted by Crippen LogP contribution is -2.24. The van der Waals surface area contributed by atoms with E-state index in [9.17, 15) is 9.90 Å². The fourth-order valence-electron chi connectivity index (χ4n) is 2.37. The van der Waals surface area contributed by atoms with E-state index in [-0.39, 0.29) is 6.61 Å². The number of imidazole rings is 1. The molecule has 0 bridgehead atoms. The number of H-pyrrole nitrogens is 1. The molecule has 0 amide bonds. The van der Waals surface area contributed by atoms with E-state index in [0.29, 0.717) is 23.4 Å². The largest absolute Gasteiger partial charge is 0.394 e. The monoisotopic (exact) mass is 281 g/mol. The molecule has 1 aliphatic rings. The van der Waals surface area contributed by atoms with Gasteiger partial charge in [0, 0.05) is 13.5 Å². The quantitative estimate of drug-likeness (QED) is 0.557. The SMILES string of the molecule is CNc1[nH]c(=O)nc2c1ncn2[C@H]1C[C@H](O)[C@@H](CO)O1. The highest BCUT2D eigenvalue weighted by Gasteiger charge is 2.35. The Morgan fingerprint density at radius 3 is 3.10 bits per heavy atom. The number of fused-ring (bicyclic) bond motifs is 1. The number of rotatable bonds is 3. The number of nitrogens with zero attached hydrogens (tertiary/aromatic N) is 3. The van der Waals surface area contributed by atoms with E-state index in [0.717, 1.165) is 0 Å². The molecule has 3 heterocycles. The third kappa shape index (κ3) is 1.96. The number of hydrogen-bond donors (Lipinski definition) is 4. The Bertz CT molecular complexity index is 681. The smallest absolute Gasteiger partial charge is 0.348 e. The zero-order valence-electron chi connectivity index (χ0n) is 10.8. The second-order valence-electron chi connectivity index (χ2n) is 4.61. The number of ether oxygens (including phenoxy) is 1. The van der Waals surface area contributed by atoms with Crippen LogP contribution in [-0.2, 0) is 4.74 Å². The molecule has 1 saturated heterocycles. The number of hydrogen-bond acceptors (Lipinski definition) is 7. The minimum atomic E-state index is -0.756. The number of nitrogens with one attached hydrogen (secondary N) is 2. The molecule has 2 aromatic rings. The summed E-state index contributed by atoms with van der Waals surface area (Å²) in [4.78, 5) is 22.2. The van der Waals surface area contributed by atoms with Crippen LogP contribution < -0.4 is 11.0 Å². The lowest BCUT2D eigenvalue weighted by atomic mass is 10.2. The predicted molar refractivity (Wildman–Crippen MR) is 69.3 cm³/mol. The van der Waals surface area contributed by atoms with Gasteiger partial charge in [-0.2, -0.15) is 4.98 Å². The van der Waals surface area contributed by atoms with E-state index >= 15 is 0 Å². The maximum Gasteiger partial charge on any atom is 0.348 e. The Balaban J connectivity index is 2.05. The van der Waals surface area contributed by atoms with Gasteiger partial charge in [0.25, 0.3) is 0 Å². The Labute approximate surface area is 113 Å². The molecule has 0 aliphatic carbocycles. The van der Waals surface area contributed by atoms with E-state index in [2.05, 4.69) is 20.3 Å². The molecule has 9 nitrogen and oxygen atoms in total. The van der Waals surface area contributed by atoms with Crippen molar-refractivity contribution in [1.82, 2.24) is 19.5 Å². The standard InChI is InChI=1S/C11H15N5O4/c1-12-9-8-10(15-11(19)14-9)16(4-13-8)7-2-5(18)6(3-17)20-7/h4-7,17-18H,2-3H2,1H3,(H2,12,14,15,19)/t5-,6+,7+/m0/s1. The first kappa shape index (κ1) is 13.0. The molecule has 1 aliphatic heterocycles. The molecule has 1 fully saturated rings. The van der Waals surface area contributed by atoms with Crippen LogP contribution in [-0.4, -0.2) is 55.6 Å². The van der Waals surface area contributed by atoms with Crippen LogP contribution in [0.1, 0.15) is 12.6 Å². The summed E-state index contributed by atoms with van der Waals surface area (Å²) < 4.78 is 7.13. The van der Waals surface area contributed by atoms with Gasteiger partial charge in [-0.25, -0.2) is 9.78 Å². The van der Waals surface area contributed by atoms with Gasteiger partial charge >= 0.3 is 5.69 Å². The van der Waals surface area contributed by atoms with Crippen LogP contribution in [0.2, 0.25) is 0 Å². The summed E-state index contributed by atoms with van der Waals surface area (Å²) in [6, 6.07) is 0. The van der Waals surface area contributed by atoms with Crippen LogP contribution in [0, 0.1) is 0 Å². The summed E-state index contributed by atoms with van der Waals surface area (Å²) in [6.07, 6.45) is -0.0919. The lowest BCUT2D eigenvalue weighted by Gasteiger charge is -2.13. The number of aromatic amines is 1. The average molecular weight is 281 g/mol. The summed E-state index contributed by atoms with van der Waals surface area (Å²) in [5, 5.41) is 21.7. The molecule has 0 aromatic carbocycles. The lowest BCUT2D eigenvalue weighted by molar-refractivity contribution is -0.0432. The minimum absolute atomic E-state index is 0.264. The first-order valence-electron chi connectivity index (χ1n) is 6.23. The van der Waals surface area contributed by atoms with E-state index in [1.54, 1.807) is 11.6 Å². The van der Waals surface area contributed by atoms with E-state index < -0.39 is 24.1 Å². The number of anilines is 1. The van der Waals surface area contributed by atoms with Crippen LogP contribution >= 0.6 is 0 Å². The molecule has 0 saturated carbocycles. The van der Waals surface area contributed by atoms with Gasteiger partial charge in [-0.15, -0.1) is 0 Å². The van der Waals surface area contributed by atoms with Gasteiger partial charge in [-0.1, -0.05) is 0 Å². The Morgan fingerprint density at radius 1 is 1.65 bits per heavy atom. The molecule has 20 heavy (non-hydrogen) atoms. The molecule has 3 rings (SSSR count). The van der Waals surface area contributed by atoms with Gasteiger partial charge in [-0.3, -0.25) is 9.55 Å². The molecule has 4 N–H and O–H groups in total. The van der Waals surface area contributed by atoms with Crippen molar-refractivity contribution >= 4 is 17.0 Å². The van der Waals surface area contributed by atoms with Crippen LogP contribution in [0.25, 0.3) is 11.2 Å². The van der Waals surface area contributed by atoms with Crippen molar-refractivity contribution in [3.63, 3.8) is 0 Å². The van der Waals surface area contributed by atoms with Gasteiger partial charge in [0.05, 0.1) is 19.0 Å². The topological polar surface area (TPSA) is 125 Å². The summed E-state index contributed by atoms with van der Waals surface area (Å²) in [7, 11) is 1.67. The van der Waals surface area contributed by atoms with Crippen molar-refractivity contribution in [2.24, 2.45) is 0 Å². The zero-order chi connectivity index (χ0) is 14.3. The van der Waals surface area contributed by atoms with Crippen LogP contribution in [0.15, 0.2) is 11.1 Å². The molecule has 0 radical (unpaired) electrons. The summed E-state index contributed by atoms with van der Waals surface area (Å²) in [5.74, 6) is 0.469. The molecule has 3 atom stereocenters. The molecule has 9 heteroatoms. The molecule has 2 aromatic heterocycles. The molecular formula is C11H15N5O4. The van der Waals surface area contributed by atoms with Gasteiger partial charge in [0.1, 0.15) is 23.7 Å². The van der Waals surface area contributed by atoms with Crippen molar-refractivity contribution in [3.05, 3.63) is 16.8 Å². The number of aliphatic hydroxyl groups is 2. The third-order valence-corrected chi connectivity index (χ3v) is 3.39. The first-order valence-corrected chi connectivity index (χ1v) is 6.23. The maximum atomic E-state index is 11.5. The highest BCUT2D eigenvalue weighted by Crippen LogP contribution is 2.31. The predicted octanol–water partition coefficient (Wildman–Crippen LogP) is -1.20. The average Bonchev–Trinajstić information content (AvgIpc) is 3.00. The highest BCUT2D eigenvalue weighted by atomic mass is 16.5. The van der Waals surface area contributed by atoms with Crippen LogP contribution in [0.5, 0.6) is 0 Å². The summed E-state index contributed by atoms with van der Waals surface area (Å²) >= 11 is 0. The molecule has 0 unspecified atom stereocenters. The normalized spacial score (nSPS) is 26.2. The van der Waals surface area contributed by atoms with Crippen molar-refractivity contribution < 1.29 is 14.9 Å². The van der Waals surface area contributed by atoms with Gasteiger partial charge < -0.3 is 20.3 Å². The molecule has 108 valence electrons. The van der Waals surface area contributed by atoms with E-state index in [1.165, 1.54) is 6.33 Å². The first-order chi connectivity index (χ1) is 9.63. The van der Waals surface area contributed by atoms with Gasteiger partial charge in [-0.05, 0) is 0 Å². The molecular weight excluding hydrogens is 266 g/mol. The minimum Gasteiger partial charge on any atom is -0.394 e. The van der Waals surface area contributed by atoms with E-state index in [1.807, 2.05) is 0 Å². The Kier molecular flexibility index (Phi) is 3.16. The number of aromatic nitrogens is 4. The van der Waals surface area contributed by atoms with Crippen molar-refractivity contribution in [1.29, 1.82) is 0 Å². The van der Waals surface area contributed by atoms with Gasteiger partial charge in [0.2, 0.25) is 0 Å². The van der Waals surface area contributed by atoms with Crippen molar-refractivity contribution in [2.45, 2.75) is 24.9 Å². The van der Waals surface area contributed by atoms with Crippen molar-refractivity contribution in [3.8, 4) is 0 Å². The Hall–Kier alpha value is -1.97. The summed E-state index contributed by atoms with van der Waals surface area (Å²) in [6.45, 7) is -0.264. The van der Waals surface area contributed by atoms with Crippen LogP contribution in [0.4, 0.5) is 5.82 Å². The maximum absolute atomic E-state index is 11.5.